The Balaban J connectivity index is 2.32. The second kappa shape index (κ2) is 7.28. The van der Waals surface area contributed by atoms with E-state index in [4.69, 9.17) is 0 Å². The molecule has 0 amide bonds. The largest absolute Gasteiger partial charge is 0.314 e. The molecule has 1 aliphatic rings. The van der Waals surface area contributed by atoms with E-state index in [1.165, 1.54) is 57.9 Å². The van der Waals surface area contributed by atoms with Gasteiger partial charge in [-0.25, -0.2) is 0 Å². The van der Waals surface area contributed by atoms with Crippen LogP contribution in [0.5, 0.6) is 0 Å². The third-order valence-corrected chi connectivity index (χ3v) is 3.57. The Morgan fingerprint density at radius 3 is 2.21 bits per heavy atom. The molecule has 1 aliphatic carbocycles. The summed E-state index contributed by atoms with van der Waals surface area (Å²) in [5, 5.41) is 3.72. The van der Waals surface area contributed by atoms with Crippen LogP contribution >= 0.6 is 0 Å². The third-order valence-electron chi connectivity index (χ3n) is 3.57. The lowest BCUT2D eigenvalue weighted by molar-refractivity contribution is 0.312. The molecule has 0 heterocycles. The van der Waals surface area contributed by atoms with Crippen molar-refractivity contribution in [2.45, 2.75) is 71.3 Å². The first kappa shape index (κ1) is 12.0. The highest BCUT2D eigenvalue weighted by atomic mass is 14.9. The van der Waals surface area contributed by atoms with Crippen LogP contribution in [0.3, 0.4) is 0 Å². The number of rotatable bonds is 5. The van der Waals surface area contributed by atoms with E-state index in [9.17, 15) is 0 Å². The van der Waals surface area contributed by atoms with Crippen LogP contribution in [0.25, 0.3) is 0 Å². The molecule has 0 saturated heterocycles. The number of hydrogen-bond acceptors (Lipinski definition) is 1. The molecule has 0 aliphatic heterocycles. The van der Waals surface area contributed by atoms with E-state index >= 15 is 0 Å². The van der Waals surface area contributed by atoms with Gasteiger partial charge in [-0.1, -0.05) is 39.5 Å². The smallest absolute Gasteiger partial charge is 0.00926 e. The summed E-state index contributed by atoms with van der Waals surface area (Å²) >= 11 is 0. The Morgan fingerprint density at radius 1 is 1.07 bits per heavy atom. The normalized spacial score (nSPS) is 21.9. The fourth-order valence-electron chi connectivity index (χ4n) is 2.69. The van der Waals surface area contributed by atoms with Gasteiger partial charge in [-0.3, -0.25) is 0 Å². The van der Waals surface area contributed by atoms with Crippen molar-refractivity contribution >= 4 is 0 Å². The zero-order valence-corrected chi connectivity index (χ0v) is 10.0. The van der Waals surface area contributed by atoms with Gasteiger partial charge in [0.1, 0.15) is 0 Å². The molecule has 0 aromatic rings. The molecule has 84 valence electrons. The topological polar surface area (TPSA) is 12.0 Å². The summed E-state index contributed by atoms with van der Waals surface area (Å²) in [5.41, 5.74) is 0. The molecule has 0 radical (unpaired) electrons. The van der Waals surface area contributed by atoms with Crippen molar-refractivity contribution in [1.29, 1.82) is 0 Å². The van der Waals surface area contributed by atoms with Gasteiger partial charge < -0.3 is 5.32 Å². The van der Waals surface area contributed by atoms with Crippen LogP contribution in [0.2, 0.25) is 0 Å². The molecule has 1 heteroatoms. The van der Waals surface area contributed by atoms with Gasteiger partial charge in [-0.15, -0.1) is 0 Å². The second-order valence-electron chi connectivity index (χ2n) is 4.72. The minimum atomic E-state index is 0.799. The predicted octanol–water partition coefficient (Wildman–Crippen LogP) is 3.74. The minimum absolute atomic E-state index is 0.799. The summed E-state index contributed by atoms with van der Waals surface area (Å²) in [4.78, 5) is 0. The first-order valence-electron chi connectivity index (χ1n) is 6.61. The first-order valence-corrected chi connectivity index (χ1v) is 6.61. The van der Waals surface area contributed by atoms with Gasteiger partial charge in [0.05, 0.1) is 0 Å². The Kier molecular flexibility index (Phi) is 6.25. The summed E-state index contributed by atoms with van der Waals surface area (Å²) in [5.74, 6) is 0.967. The van der Waals surface area contributed by atoms with Gasteiger partial charge in [0, 0.05) is 6.04 Å². The first-order chi connectivity index (χ1) is 6.88. The Hall–Kier alpha value is -0.0400. The Morgan fingerprint density at radius 2 is 1.71 bits per heavy atom. The lowest BCUT2D eigenvalue weighted by Gasteiger charge is -2.26. The van der Waals surface area contributed by atoms with E-state index in [1.807, 2.05) is 0 Å². The summed E-state index contributed by atoms with van der Waals surface area (Å²) in [7, 11) is 0. The average molecular weight is 197 g/mol. The van der Waals surface area contributed by atoms with E-state index < -0.39 is 0 Å². The van der Waals surface area contributed by atoms with Crippen LogP contribution in [-0.2, 0) is 0 Å². The van der Waals surface area contributed by atoms with Crippen LogP contribution < -0.4 is 5.32 Å². The van der Waals surface area contributed by atoms with Gasteiger partial charge >= 0.3 is 0 Å². The average Bonchev–Trinajstić information content (AvgIpc) is 2.48. The van der Waals surface area contributed by atoms with Gasteiger partial charge in [0.2, 0.25) is 0 Å². The maximum atomic E-state index is 3.72. The van der Waals surface area contributed by atoms with Gasteiger partial charge in [0.25, 0.3) is 0 Å². The van der Waals surface area contributed by atoms with Crippen LogP contribution in [-0.4, -0.2) is 12.6 Å². The predicted molar refractivity (Wildman–Crippen MR) is 63.6 cm³/mol. The Labute approximate surface area is 89.7 Å². The maximum Gasteiger partial charge on any atom is 0.00926 e. The van der Waals surface area contributed by atoms with Crippen molar-refractivity contribution in [3.63, 3.8) is 0 Å². The highest BCUT2D eigenvalue weighted by molar-refractivity contribution is 4.77. The van der Waals surface area contributed by atoms with Crippen molar-refractivity contribution in [2.75, 3.05) is 6.54 Å². The molecule has 0 spiro atoms. The quantitative estimate of drug-likeness (QED) is 0.662. The second-order valence-corrected chi connectivity index (χ2v) is 4.72. The Bertz CT molecular complexity index is 125. The molecule has 1 rings (SSSR count). The van der Waals surface area contributed by atoms with Crippen LogP contribution in [0.15, 0.2) is 0 Å². The number of nitrogens with one attached hydrogen (secondary N) is 1. The summed E-state index contributed by atoms with van der Waals surface area (Å²) in [6, 6.07) is 0.799. The molecule has 1 fully saturated rings. The molecule has 1 unspecified atom stereocenters. The van der Waals surface area contributed by atoms with E-state index in [2.05, 4.69) is 19.2 Å². The molecular formula is C13H27N. The molecule has 1 saturated carbocycles. The van der Waals surface area contributed by atoms with Crippen molar-refractivity contribution in [3.8, 4) is 0 Å². The van der Waals surface area contributed by atoms with E-state index in [-0.39, 0.29) is 0 Å². The minimum Gasteiger partial charge on any atom is -0.314 e. The van der Waals surface area contributed by atoms with Gasteiger partial charge in [-0.2, -0.15) is 0 Å². The van der Waals surface area contributed by atoms with E-state index in [0.29, 0.717) is 0 Å². The lowest BCUT2D eigenvalue weighted by atomic mass is 9.90. The number of hydrogen-bond donors (Lipinski definition) is 1. The van der Waals surface area contributed by atoms with Crippen molar-refractivity contribution in [3.05, 3.63) is 0 Å². The lowest BCUT2D eigenvalue weighted by Crippen LogP contribution is -2.36. The molecular weight excluding hydrogens is 170 g/mol. The van der Waals surface area contributed by atoms with Crippen molar-refractivity contribution in [2.24, 2.45) is 5.92 Å². The zero-order valence-electron chi connectivity index (χ0n) is 10.0. The molecule has 1 nitrogen and oxygen atoms in total. The standard InChI is InChI=1S/C13H27N/c1-3-11-14-13(4-2)12-9-7-5-6-8-10-12/h12-14H,3-11H2,1-2H3. The molecule has 1 N–H and O–H groups in total. The fourth-order valence-corrected chi connectivity index (χ4v) is 2.69. The molecule has 14 heavy (non-hydrogen) atoms. The molecule has 0 bridgehead atoms. The molecule has 0 aromatic heterocycles. The van der Waals surface area contributed by atoms with Crippen LogP contribution in [0, 0.1) is 5.92 Å². The van der Waals surface area contributed by atoms with Gasteiger partial charge in [0.15, 0.2) is 0 Å². The highest BCUT2D eigenvalue weighted by Crippen LogP contribution is 2.26. The zero-order chi connectivity index (χ0) is 10.2. The van der Waals surface area contributed by atoms with Crippen LogP contribution in [0.4, 0.5) is 0 Å². The molecule has 0 aromatic carbocycles. The third kappa shape index (κ3) is 4.00. The van der Waals surface area contributed by atoms with Crippen LogP contribution in [0.1, 0.15) is 65.2 Å². The van der Waals surface area contributed by atoms with Crippen molar-refractivity contribution in [1.82, 2.24) is 5.32 Å². The van der Waals surface area contributed by atoms with E-state index in [1.54, 1.807) is 0 Å². The highest BCUT2D eigenvalue weighted by Gasteiger charge is 2.20. The SMILES string of the molecule is CCCNC(CC)C1CCCCCC1. The summed E-state index contributed by atoms with van der Waals surface area (Å²) in [6.45, 7) is 5.79. The monoisotopic (exact) mass is 197 g/mol. The molecule has 1 atom stereocenters. The maximum absolute atomic E-state index is 3.72. The van der Waals surface area contributed by atoms with E-state index in [0.717, 1.165) is 12.0 Å². The summed E-state index contributed by atoms with van der Waals surface area (Å²) in [6.07, 6.45) is 11.4. The summed E-state index contributed by atoms with van der Waals surface area (Å²) < 4.78 is 0. The van der Waals surface area contributed by atoms with Crippen molar-refractivity contribution < 1.29 is 0 Å². The van der Waals surface area contributed by atoms with Gasteiger partial charge in [-0.05, 0) is 38.1 Å². The fraction of sp³-hybridized carbons (Fsp3) is 1.00.